The Morgan fingerprint density at radius 2 is 2.35 bits per heavy atom. The Morgan fingerprint density at radius 1 is 1.53 bits per heavy atom. The molecule has 0 radical (unpaired) electrons. The predicted molar refractivity (Wildman–Crippen MR) is 62.1 cm³/mol. The van der Waals surface area contributed by atoms with Gasteiger partial charge >= 0.3 is 5.97 Å². The number of nitrogens with one attached hydrogen (secondary N) is 1. The normalized spacial score (nSPS) is 24.4. The van der Waals surface area contributed by atoms with E-state index in [1.165, 1.54) is 19.2 Å². The third-order valence-corrected chi connectivity index (χ3v) is 3.26. The molecule has 0 saturated carbocycles. The lowest BCUT2D eigenvalue weighted by molar-refractivity contribution is -0.147. The monoisotopic (exact) mass is 237 g/mol. The number of benzene rings is 1. The Hall–Kier alpha value is -1.42. The number of hydrogen-bond donors (Lipinski definition) is 1. The van der Waals surface area contributed by atoms with Gasteiger partial charge in [-0.25, -0.2) is 4.39 Å². The summed E-state index contributed by atoms with van der Waals surface area (Å²) >= 11 is 0. The first-order valence-corrected chi connectivity index (χ1v) is 5.76. The number of ether oxygens (including phenoxy) is 1. The molecule has 1 aromatic rings. The highest BCUT2D eigenvalue weighted by Gasteiger charge is 2.32. The maximum absolute atomic E-state index is 13.2. The molecule has 0 spiro atoms. The Morgan fingerprint density at radius 3 is 3.06 bits per heavy atom. The van der Waals surface area contributed by atoms with Gasteiger partial charge in [-0.15, -0.1) is 0 Å². The fraction of sp³-hybridized carbons (Fsp3) is 0.462. The number of esters is 1. The standard InChI is InChI=1S/C13H16FNO2/c1-17-13(16)11-5-6-15-8-12(11)9-3-2-4-10(14)7-9/h2-4,7,11-12,15H,5-6,8H2,1H3/t11-,12+/m0/s1. The summed E-state index contributed by atoms with van der Waals surface area (Å²) in [6, 6.07) is 6.44. The van der Waals surface area contributed by atoms with E-state index in [9.17, 15) is 9.18 Å². The first-order chi connectivity index (χ1) is 8.22. The van der Waals surface area contributed by atoms with Gasteiger partial charge in [0.05, 0.1) is 13.0 Å². The van der Waals surface area contributed by atoms with Gasteiger partial charge in [-0.3, -0.25) is 4.79 Å². The van der Waals surface area contributed by atoms with E-state index >= 15 is 0 Å². The number of methoxy groups -OCH3 is 1. The molecule has 0 unspecified atom stereocenters. The van der Waals surface area contributed by atoms with Gasteiger partial charge in [0.2, 0.25) is 0 Å². The molecule has 4 heteroatoms. The summed E-state index contributed by atoms with van der Waals surface area (Å²) in [5, 5.41) is 3.23. The van der Waals surface area contributed by atoms with Crippen molar-refractivity contribution in [1.29, 1.82) is 0 Å². The Balaban J connectivity index is 2.24. The zero-order valence-electron chi connectivity index (χ0n) is 9.78. The second kappa shape index (κ2) is 5.27. The van der Waals surface area contributed by atoms with Crippen LogP contribution >= 0.6 is 0 Å². The number of halogens is 1. The predicted octanol–water partition coefficient (Wildman–Crippen LogP) is 1.69. The van der Waals surface area contributed by atoms with Crippen molar-refractivity contribution in [1.82, 2.24) is 5.32 Å². The van der Waals surface area contributed by atoms with E-state index < -0.39 is 0 Å². The summed E-state index contributed by atoms with van der Waals surface area (Å²) in [6.45, 7) is 1.48. The van der Waals surface area contributed by atoms with Crippen LogP contribution < -0.4 is 5.32 Å². The molecular weight excluding hydrogens is 221 g/mol. The first-order valence-electron chi connectivity index (χ1n) is 5.76. The largest absolute Gasteiger partial charge is 0.469 e. The summed E-state index contributed by atoms with van der Waals surface area (Å²) in [5.74, 6) is -0.660. The molecule has 92 valence electrons. The van der Waals surface area contributed by atoms with Crippen LogP contribution in [0.5, 0.6) is 0 Å². The van der Waals surface area contributed by atoms with Gasteiger partial charge in [-0.1, -0.05) is 12.1 Å². The molecule has 1 fully saturated rings. The molecule has 1 aliphatic heterocycles. The number of hydrogen-bond acceptors (Lipinski definition) is 3. The highest BCUT2D eigenvalue weighted by Crippen LogP contribution is 2.30. The van der Waals surface area contributed by atoms with Crippen LogP contribution in [0.2, 0.25) is 0 Å². The van der Waals surface area contributed by atoms with Crippen molar-refractivity contribution in [2.24, 2.45) is 5.92 Å². The van der Waals surface area contributed by atoms with E-state index in [2.05, 4.69) is 5.32 Å². The van der Waals surface area contributed by atoms with Crippen molar-refractivity contribution in [2.45, 2.75) is 12.3 Å². The summed E-state index contributed by atoms with van der Waals surface area (Å²) in [7, 11) is 1.40. The van der Waals surface area contributed by atoms with E-state index in [0.717, 1.165) is 18.5 Å². The van der Waals surface area contributed by atoms with Crippen molar-refractivity contribution in [3.05, 3.63) is 35.6 Å². The van der Waals surface area contributed by atoms with Gasteiger partial charge in [-0.05, 0) is 30.7 Å². The van der Waals surface area contributed by atoms with E-state index in [4.69, 9.17) is 4.74 Å². The summed E-state index contributed by atoms with van der Waals surface area (Å²) in [5.41, 5.74) is 0.854. The Kier molecular flexibility index (Phi) is 3.74. The Labute approximate surface area is 100.0 Å². The van der Waals surface area contributed by atoms with Gasteiger partial charge < -0.3 is 10.1 Å². The highest BCUT2D eigenvalue weighted by molar-refractivity contribution is 5.73. The summed E-state index contributed by atoms with van der Waals surface area (Å²) in [4.78, 5) is 11.7. The van der Waals surface area contributed by atoms with Crippen molar-refractivity contribution < 1.29 is 13.9 Å². The maximum Gasteiger partial charge on any atom is 0.309 e. The lowest BCUT2D eigenvalue weighted by Gasteiger charge is -2.30. The third kappa shape index (κ3) is 2.64. The van der Waals surface area contributed by atoms with E-state index in [1.54, 1.807) is 6.07 Å². The molecule has 0 aliphatic carbocycles. The average molecular weight is 237 g/mol. The lowest BCUT2D eigenvalue weighted by atomic mass is 9.81. The van der Waals surface area contributed by atoms with Gasteiger partial charge in [0.25, 0.3) is 0 Å². The van der Waals surface area contributed by atoms with Crippen LogP contribution in [0.3, 0.4) is 0 Å². The second-order valence-electron chi connectivity index (χ2n) is 4.28. The fourth-order valence-corrected chi connectivity index (χ4v) is 2.38. The van der Waals surface area contributed by atoms with Gasteiger partial charge in [0, 0.05) is 12.5 Å². The number of piperidine rings is 1. The number of carbonyl (C=O) groups is 1. The molecule has 1 aliphatic rings. The summed E-state index contributed by atoms with van der Waals surface area (Å²) in [6.07, 6.45) is 0.730. The molecule has 17 heavy (non-hydrogen) atoms. The Bertz CT molecular complexity index is 408. The lowest BCUT2D eigenvalue weighted by Crippen LogP contribution is -2.39. The van der Waals surface area contributed by atoms with Crippen molar-refractivity contribution >= 4 is 5.97 Å². The zero-order valence-corrected chi connectivity index (χ0v) is 9.78. The number of rotatable bonds is 2. The van der Waals surface area contributed by atoms with E-state index in [1.807, 2.05) is 6.07 Å². The highest BCUT2D eigenvalue weighted by atomic mass is 19.1. The molecule has 0 aromatic heterocycles. The molecule has 1 saturated heterocycles. The van der Waals surface area contributed by atoms with Crippen LogP contribution in [-0.4, -0.2) is 26.2 Å². The minimum atomic E-state index is -0.267. The van der Waals surface area contributed by atoms with Gasteiger partial charge in [0.15, 0.2) is 0 Å². The van der Waals surface area contributed by atoms with Gasteiger partial charge in [0.1, 0.15) is 5.82 Å². The average Bonchev–Trinajstić information content (AvgIpc) is 2.38. The van der Waals surface area contributed by atoms with Crippen molar-refractivity contribution in [3.63, 3.8) is 0 Å². The van der Waals surface area contributed by atoms with Crippen LogP contribution in [0.15, 0.2) is 24.3 Å². The second-order valence-corrected chi connectivity index (χ2v) is 4.28. The van der Waals surface area contributed by atoms with Crippen molar-refractivity contribution in [3.8, 4) is 0 Å². The minimum Gasteiger partial charge on any atom is -0.469 e. The van der Waals surface area contributed by atoms with Crippen LogP contribution in [-0.2, 0) is 9.53 Å². The maximum atomic E-state index is 13.2. The van der Waals surface area contributed by atoms with Crippen LogP contribution in [0.25, 0.3) is 0 Å². The zero-order chi connectivity index (χ0) is 12.3. The van der Waals surface area contributed by atoms with Crippen LogP contribution in [0.4, 0.5) is 4.39 Å². The molecule has 0 amide bonds. The van der Waals surface area contributed by atoms with E-state index in [0.29, 0.717) is 6.54 Å². The minimum absolute atomic E-state index is 0.00750. The molecule has 1 aromatic carbocycles. The molecule has 3 nitrogen and oxygen atoms in total. The summed E-state index contributed by atoms with van der Waals surface area (Å²) < 4.78 is 18.0. The molecule has 0 bridgehead atoms. The molecule has 1 N–H and O–H groups in total. The fourth-order valence-electron chi connectivity index (χ4n) is 2.38. The third-order valence-electron chi connectivity index (χ3n) is 3.26. The van der Waals surface area contributed by atoms with E-state index in [-0.39, 0.29) is 23.6 Å². The quantitative estimate of drug-likeness (QED) is 0.795. The molecule has 1 heterocycles. The van der Waals surface area contributed by atoms with Crippen LogP contribution in [0, 0.1) is 11.7 Å². The molecule has 2 rings (SSSR count). The SMILES string of the molecule is COC(=O)[C@H]1CCNC[C@@H]1c1cccc(F)c1. The number of carbonyl (C=O) groups excluding carboxylic acids is 1. The van der Waals surface area contributed by atoms with Gasteiger partial charge in [-0.2, -0.15) is 0 Å². The smallest absolute Gasteiger partial charge is 0.309 e. The first kappa shape index (κ1) is 12.0. The molecular formula is C13H16FNO2. The van der Waals surface area contributed by atoms with Crippen molar-refractivity contribution in [2.75, 3.05) is 20.2 Å². The topological polar surface area (TPSA) is 38.3 Å². The molecule has 2 atom stereocenters. The van der Waals surface area contributed by atoms with Crippen LogP contribution in [0.1, 0.15) is 17.9 Å².